The zero-order chi connectivity index (χ0) is 35.3. The number of benzene rings is 10. The lowest BCUT2D eigenvalue weighted by atomic mass is 9.84. The van der Waals surface area contributed by atoms with Gasteiger partial charge in [-0.15, -0.1) is 11.3 Å². The van der Waals surface area contributed by atoms with E-state index in [1.54, 1.807) is 0 Å². The summed E-state index contributed by atoms with van der Waals surface area (Å²) in [6.45, 7) is 0. The summed E-state index contributed by atoms with van der Waals surface area (Å²) in [5.74, 6) is 0. The molecule has 54 heavy (non-hydrogen) atoms. The van der Waals surface area contributed by atoms with Gasteiger partial charge in [0.05, 0.1) is 0 Å². The molecule has 0 spiro atoms. The van der Waals surface area contributed by atoms with E-state index in [0.717, 1.165) is 27.5 Å². The molecule has 0 aliphatic carbocycles. The molecule has 0 saturated heterocycles. The van der Waals surface area contributed by atoms with Crippen molar-refractivity contribution in [1.82, 2.24) is 0 Å². The van der Waals surface area contributed by atoms with Crippen LogP contribution in [-0.2, 0) is 0 Å². The van der Waals surface area contributed by atoms with Crippen molar-refractivity contribution in [1.29, 1.82) is 0 Å². The zero-order valence-corrected chi connectivity index (χ0v) is 30.0. The fraction of sp³-hybridized carbons (Fsp3) is 0. The second-order valence-corrected chi connectivity index (χ2v) is 15.4. The van der Waals surface area contributed by atoms with Crippen molar-refractivity contribution in [3.05, 3.63) is 182 Å². The lowest BCUT2D eigenvalue weighted by molar-refractivity contribution is 0.673. The average molecular weight is 703 g/mol. The minimum Gasteiger partial charge on any atom is -0.455 e. The molecule has 2 heterocycles. The molecular weight excluding hydrogens is 673 g/mol. The monoisotopic (exact) mass is 702 g/mol. The van der Waals surface area contributed by atoms with Crippen LogP contribution < -0.4 is 0 Å². The van der Waals surface area contributed by atoms with E-state index in [-0.39, 0.29) is 0 Å². The zero-order valence-electron chi connectivity index (χ0n) is 29.1. The molecule has 12 aromatic rings. The normalized spacial score (nSPS) is 12.1. The molecule has 0 saturated carbocycles. The highest BCUT2D eigenvalue weighted by molar-refractivity contribution is 7.27. The number of hydrogen-bond donors (Lipinski definition) is 0. The van der Waals surface area contributed by atoms with Crippen LogP contribution in [-0.4, -0.2) is 0 Å². The molecule has 0 unspecified atom stereocenters. The third-order valence-electron chi connectivity index (χ3n) is 11.5. The summed E-state index contributed by atoms with van der Waals surface area (Å²) in [5, 5.41) is 15.0. The Labute approximate surface area is 314 Å². The molecular formula is C52H30OS. The Kier molecular flexibility index (Phi) is 6.28. The van der Waals surface area contributed by atoms with Gasteiger partial charge in [0.25, 0.3) is 0 Å². The Balaban J connectivity index is 1.03. The van der Waals surface area contributed by atoms with Gasteiger partial charge in [-0.1, -0.05) is 164 Å². The molecule has 2 aromatic heterocycles. The van der Waals surface area contributed by atoms with E-state index in [9.17, 15) is 0 Å². The summed E-state index contributed by atoms with van der Waals surface area (Å²) in [4.78, 5) is 0. The van der Waals surface area contributed by atoms with Crippen LogP contribution in [0.1, 0.15) is 0 Å². The van der Waals surface area contributed by atoms with Gasteiger partial charge in [-0.05, 0) is 89.3 Å². The first kappa shape index (κ1) is 29.8. The number of rotatable bonds is 3. The molecule has 1 nitrogen and oxygen atoms in total. The molecule has 0 radical (unpaired) electrons. The van der Waals surface area contributed by atoms with Gasteiger partial charge in [-0.3, -0.25) is 0 Å². The Hall–Kier alpha value is -6.74. The van der Waals surface area contributed by atoms with Crippen molar-refractivity contribution in [2.75, 3.05) is 0 Å². The summed E-state index contributed by atoms with van der Waals surface area (Å²) in [6, 6.07) is 66.5. The number of hydrogen-bond acceptors (Lipinski definition) is 2. The maximum absolute atomic E-state index is 6.80. The van der Waals surface area contributed by atoms with Gasteiger partial charge >= 0.3 is 0 Å². The highest BCUT2D eigenvalue weighted by atomic mass is 32.1. The maximum Gasteiger partial charge on any atom is 0.144 e. The second-order valence-electron chi connectivity index (χ2n) is 14.3. The SMILES string of the molecule is c1ccc2c(-c3c4ccccc4c(-c4ccc(-c5ccc6c(c5)oc5c7ccccc7c7c8ccccc8sc7c65)cc4)c4ccccc34)cccc2c1. The predicted octanol–water partition coefficient (Wildman–Crippen LogP) is 15.6. The molecule has 0 amide bonds. The van der Waals surface area contributed by atoms with E-state index in [0.29, 0.717) is 0 Å². The number of fused-ring (bicyclic) bond motifs is 13. The Morgan fingerprint density at radius 1 is 0.352 bits per heavy atom. The molecule has 0 fully saturated rings. The van der Waals surface area contributed by atoms with Crippen molar-refractivity contribution in [3.8, 4) is 33.4 Å². The standard InChI is InChI=1S/C52H30OS/c1-2-14-35-32(12-1)13-11-22-36(35)48-39-17-5-3-15-37(39)47(38-16-4-6-18-40(38)48)33-26-24-31(25-27-33)34-28-29-43-45(30-34)53-51-42-20-8-7-19-41(42)49-44-21-9-10-23-46(44)54-52(49)50(43)51/h1-30H. The first-order valence-electron chi connectivity index (χ1n) is 18.5. The van der Waals surface area contributed by atoms with Crippen molar-refractivity contribution in [2.24, 2.45) is 0 Å². The van der Waals surface area contributed by atoms with Gasteiger partial charge < -0.3 is 4.42 Å². The van der Waals surface area contributed by atoms with E-state index >= 15 is 0 Å². The lowest BCUT2D eigenvalue weighted by Gasteiger charge is -2.19. The summed E-state index contributed by atoms with van der Waals surface area (Å²) < 4.78 is 9.41. The first-order chi connectivity index (χ1) is 26.8. The summed E-state index contributed by atoms with van der Waals surface area (Å²) in [7, 11) is 0. The van der Waals surface area contributed by atoms with Gasteiger partial charge in [0, 0.05) is 36.3 Å². The van der Waals surface area contributed by atoms with Crippen LogP contribution in [0.15, 0.2) is 186 Å². The smallest absolute Gasteiger partial charge is 0.144 e. The first-order valence-corrected chi connectivity index (χ1v) is 19.3. The van der Waals surface area contributed by atoms with Crippen molar-refractivity contribution in [3.63, 3.8) is 0 Å². The molecule has 0 atom stereocenters. The van der Waals surface area contributed by atoms with Crippen LogP contribution in [0.5, 0.6) is 0 Å². The highest BCUT2D eigenvalue weighted by Gasteiger charge is 2.21. The van der Waals surface area contributed by atoms with E-state index in [4.69, 9.17) is 4.42 Å². The summed E-state index contributed by atoms with van der Waals surface area (Å²) in [5.41, 5.74) is 9.23. The predicted molar refractivity (Wildman–Crippen MR) is 233 cm³/mol. The third-order valence-corrected chi connectivity index (χ3v) is 12.6. The molecule has 12 rings (SSSR count). The van der Waals surface area contributed by atoms with Crippen molar-refractivity contribution < 1.29 is 4.42 Å². The largest absolute Gasteiger partial charge is 0.455 e. The van der Waals surface area contributed by atoms with Crippen LogP contribution in [0.4, 0.5) is 0 Å². The van der Waals surface area contributed by atoms with Crippen LogP contribution in [0, 0.1) is 0 Å². The third kappa shape index (κ3) is 4.20. The van der Waals surface area contributed by atoms with Gasteiger partial charge in [0.1, 0.15) is 11.2 Å². The minimum absolute atomic E-state index is 0.919. The number of furan rings is 1. The fourth-order valence-electron chi connectivity index (χ4n) is 9.08. The topological polar surface area (TPSA) is 13.1 Å². The van der Waals surface area contributed by atoms with Crippen LogP contribution >= 0.6 is 11.3 Å². The van der Waals surface area contributed by atoms with Gasteiger partial charge in [0.15, 0.2) is 0 Å². The summed E-state index contributed by atoms with van der Waals surface area (Å²) >= 11 is 1.87. The maximum atomic E-state index is 6.80. The fourth-order valence-corrected chi connectivity index (χ4v) is 10.4. The lowest BCUT2D eigenvalue weighted by Crippen LogP contribution is -1.91. The minimum atomic E-state index is 0.919. The van der Waals surface area contributed by atoms with E-state index in [2.05, 4.69) is 182 Å². The Bertz CT molecular complexity index is 3430. The quantitative estimate of drug-likeness (QED) is 0.167. The molecule has 2 heteroatoms. The van der Waals surface area contributed by atoms with Crippen LogP contribution in [0.3, 0.4) is 0 Å². The van der Waals surface area contributed by atoms with Crippen molar-refractivity contribution in [2.45, 2.75) is 0 Å². The molecule has 250 valence electrons. The molecule has 0 aliphatic rings. The van der Waals surface area contributed by atoms with Crippen LogP contribution in [0.25, 0.3) is 119 Å². The summed E-state index contributed by atoms with van der Waals surface area (Å²) in [6.07, 6.45) is 0. The van der Waals surface area contributed by atoms with E-state index in [1.165, 1.54) is 91.1 Å². The Morgan fingerprint density at radius 3 is 1.65 bits per heavy atom. The average Bonchev–Trinajstić information content (AvgIpc) is 3.82. The van der Waals surface area contributed by atoms with Gasteiger partial charge in [-0.2, -0.15) is 0 Å². The van der Waals surface area contributed by atoms with Crippen molar-refractivity contribution >= 4 is 96.5 Å². The molecule has 0 bridgehead atoms. The van der Waals surface area contributed by atoms with Gasteiger partial charge in [0.2, 0.25) is 0 Å². The molecule has 0 aliphatic heterocycles. The molecule has 10 aromatic carbocycles. The molecule has 0 N–H and O–H groups in total. The van der Waals surface area contributed by atoms with E-state index < -0.39 is 0 Å². The van der Waals surface area contributed by atoms with Gasteiger partial charge in [-0.25, -0.2) is 0 Å². The van der Waals surface area contributed by atoms with Crippen LogP contribution in [0.2, 0.25) is 0 Å². The Morgan fingerprint density at radius 2 is 0.907 bits per heavy atom. The van der Waals surface area contributed by atoms with E-state index in [1.807, 2.05) is 11.3 Å². The number of thiophene rings is 1. The second kappa shape index (κ2) is 11.4. The highest BCUT2D eigenvalue weighted by Crippen LogP contribution is 2.48.